The molecule has 1 aromatic carbocycles. The molecule has 8 heteroatoms. The second-order valence-electron chi connectivity index (χ2n) is 9.29. The minimum Gasteiger partial charge on any atom is -0.346 e. The Kier molecular flexibility index (Phi) is 4.94. The van der Waals surface area contributed by atoms with Crippen molar-refractivity contribution in [1.82, 2.24) is 24.1 Å². The van der Waals surface area contributed by atoms with E-state index in [1.165, 1.54) is 0 Å². The number of aryl methyl sites for hydroxylation is 1. The molecule has 4 aromatic rings. The zero-order valence-corrected chi connectivity index (χ0v) is 19.3. The van der Waals surface area contributed by atoms with Gasteiger partial charge in [-0.3, -0.25) is 5.10 Å². The minimum atomic E-state index is -3.55. The van der Waals surface area contributed by atoms with E-state index in [1.54, 1.807) is 22.6 Å². The van der Waals surface area contributed by atoms with Crippen molar-refractivity contribution in [3.63, 3.8) is 0 Å². The number of hydrogen-bond acceptors (Lipinski definition) is 4. The highest BCUT2D eigenvalue weighted by atomic mass is 32.2. The zero-order valence-electron chi connectivity index (χ0n) is 18.5. The van der Waals surface area contributed by atoms with Crippen LogP contribution in [0.25, 0.3) is 22.3 Å². The molecular weight excluding hydrogens is 422 g/mol. The van der Waals surface area contributed by atoms with Gasteiger partial charge in [-0.2, -0.15) is 9.40 Å². The van der Waals surface area contributed by atoms with Gasteiger partial charge in [-0.1, -0.05) is 17.7 Å². The lowest BCUT2D eigenvalue weighted by Crippen LogP contribution is -2.42. The molecule has 166 valence electrons. The summed E-state index contributed by atoms with van der Waals surface area (Å²) < 4.78 is 30.6. The first-order chi connectivity index (χ1) is 15.2. The molecule has 7 nitrogen and oxygen atoms in total. The van der Waals surface area contributed by atoms with E-state index in [0.29, 0.717) is 11.4 Å². The van der Waals surface area contributed by atoms with Crippen molar-refractivity contribution in [2.75, 3.05) is 6.54 Å². The van der Waals surface area contributed by atoms with Crippen LogP contribution < -0.4 is 0 Å². The lowest BCUT2D eigenvalue weighted by molar-refractivity contribution is 0.291. The van der Waals surface area contributed by atoms with Crippen LogP contribution in [0.15, 0.2) is 66.0 Å². The monoisotopic (exact) mass is 449 g/mol. The standard InChI is InChI=1S/C24H27N5O2S/c1-17-4-6-20(7-5-17)32(30,31)29-16-18(12-24(29,2)3)15-28-11-10-22-23(28)9-8-21(27-22)19-13-25-26-14-19/h4-11,13-14,18H,12,15-16H2,1-3H3,(H,25,26). The Morgan fingerprint density at radius 3 is 2.62 bits per heavy atom. The third-order valence-corrected chi connectivity index (χ3v) is 8.46. The van der Waals surface area contributed by atoms with Crippen molar-refractivity contribution in [2.45, 2.75) is 44.2 Å². The normalized spacial score (nSPS) is 19.0. The smallest absolute Gasteiger partial charge is 0.243 e. The molecule has 1 aliphatic rings. The molecule has 5 rings (SSSR count). The SMILES string of the molecule is Cc1ccc(S(=O)(=O)N2CC(Cn3ccc4nc(-c5cn[nH]c5)ccc43)CC2(C)C)cc1. The Labute approximate surface area is 188 Å². The third-order valence-electron chi connectivity index (χ3n) is 6.37. The van der Waals surface area contributed by atoms with Gasteiger partial charge in [-0.25, -0.2) is 13.4 Å². The first-order valence-corrected chi connectivity index (χ1v) is 12.2. The number of H-pyrrole nitrogens is 1. The Morgan fingerprint density at radius 1 is 1.12 bits per heavy atom. The quantitative estimate of drug-likeness (QED) is 0.494. The molecule has 0 saturated carbocycles. The van der Waals surface area contributed by atoms with Crippen molar-refractivity contribution < 1.29 is 8.42 Å². The van der Waals surface area contributed by atoms with Crippen molar-refractivity contribution in [3.05, 3.63) is 66.6 Å². The minimum absolute atomic E-state index is 0.217. The number of aromatic amines is 1. The van der Waals surface area contributed by atoms with E-state index in [1.807, 2.05) is 57.4 Å². The Balaban J connectivity index is 1.39. The van der Waals surface area contributed by atoms with Gasteiger partial charge in [0.05, 0.1) is 27.8 Å². The zero-order chi connectivity index (χ0) is 22.5. The number of fused-ring (bicyclic) bond motifs is 1. The largest absolute Gasteiger partial charge is 0.346 e. The molecule has 32 heavy (non-hydrogen) atoms. The van der Waals surface area contributed by atoms with Gasteiger partial charge in [-0.15, -0.1) is 0 Å². The van der Waals surface area contributed by atoms with E-state index in [2.05, 4.69) is 20.8 Å². The summed E-state index contributed by atoms with van der Waals surface area (Å²) in [6.07, 6.45) is 6.43. The van der Waals surface area contributed by atoms with Crippen LogP contribution >= 0.6 is 0 Å². The van der Waals surface area contributed by atoms with E-state index in [0.717, 1.165) is 40.8 Å². The third kappa shape index (κ3) is 3.63. The van der Waals surface area contributed by atoms with Crippen molar-refractivity contribution >= 4 is 21.1 Å². The summed E-state index contributed by atoms with van der Waals surface area (Å²) >= 11 is 0. The van der Waals surface area contributed by atoms with Gasteiger partial charge in [0.25, 0.3) is 0 Å². The summed E-state index contributed by atoms with van der Waals surface area (Å²) in [5, 5.41) is 6.81. The second-order valence-corrected chi connectivity index (χ2v) is 11.2. The molecule has 1 fully saturated rings. The summed E-state index contributed by atoms with van der Waals surface area (Å²) in [6.45, 7) is 7.25. The molecule has 1 atom stereocenters. The molecule has 1 N–H and O–H groups in total. The summed E-state index contributed by atoms with van der Waals surface area (Å²) in [5.41, 5.74) is 4.41. The van der Waals surface area contributed by atoms with E-state index < -0.39 is 15.6 Å². The molecule has 4 heterocycles. The summed E-state index contributed by atoms with van der Waals surface area (Å²) in [6, 6.07) is 13.2. The molecule has 1 saturated heterocycles. The van der Waals surface area contributed by atoms with Crippen LogP contribution in [0.2, 0.25) is 0 Å². The summed E-state index contributed by atoms with van der Waals surface area (Å²) in [7, 11) is -3.55. The average Bonchev–Trinajstić information content (AvgIpc) is 3.47. The molecule has 0 bridgehead atoms. The number of nitrogens with zero attached hydrogens (tertiary/aromatic N) is 4. The van der Waals surface area contributed by atoms with Gasteiger partial charge in [0.2, 0.25) is 10.0 Å². The number of sulfonamides is 1. The van der Waals surface area contributed by atoms with E-state index in [-0.39, 0.29) is 5.92 Å². The lowest BCUT2D eigenvalue weighted by Gasteiger charge is -2.30. The molecule has 3 aromatic heterocycles. The Hall–Kier alpha value is -2.97. The maximum atomic E-state index is 13.4. The highest BCUT2D eigenvalue weighted by molar-refractivity contribution is 7.89. The molecule has 0 amide bonds. The van der Waals surface area contributed by atoms with E-state index in [9.17, 15) is 8.42 Å². The predicted molar refractivity (Wildman–Crippen MR) is 125 cm³/mol. The molecule has 1 aliphatic heterocycles. The van der Waals surface area contributed by atoms with Gasteiger partial charge in [-0.05, 0) is 63.4 Å². The maximum absolute atomic E-state index is 13.4. The van der Waals surface area contributed by atoms with Gasteiger partial charge in [0.15, 0.2) is 0 Å². The van der Waals surface area contributed by atoms with Gasteiger partial charge < -0.3 is 4.57 Å². The molecule has 0 radical (unpaired) electrons. The van der Waals surface area contributed by atoms with Crippen molar-refractivity contribution in [1.29, 1.82) is 0 Å². The number of nitrogens with one attached hydrogen (secondary N) is 1. The lowest BCUT2D eigenvalue weighted by atomic mass is 9.97. The average molecular weight is 450 g/mol. The topological polar surface area (TPSA) is 83.9 Å². The fraction of sp³-hybridized carbons (Fsp3) is 0.333. The number of pyridine rings is 1. The fourth-order valence-corrected chi connectivity index (χ4v) is 6.67. The van der Waals surface area contributed by atoms with Gasteiger partial charge in [0, 0.05) is 36.6 Å². The highest BCUT2D eigenvalue weighted by Crippen LogP contribution is 2.38. The van der Waals surface area contributed by atoms with Gasteiger partial charge >= 0.3 is 0 Å². The number of hydrogen-bond donors (Lipinski definition) is 1. The summed E-state index contributed by atoms with van der Waals surface area (Å²) in [5.74, 6) is 0.217. The number of benzene rings is 1. The molecular formula is C24H27N5O2S. The van der Waals surface area contributed by atoms with Gasteiger partial charge in [0.1, 0.15) is 0 Å². The number of rotatable bonds is 5. The first-order valence-electron chi connectivity index (χ1n) is 10.8. The Bertz CT molecular complexity index is 1360. The van der Waals surface area contributed by atoms with Crippen molar-refractivity contribution in [3.8, 4) is 11.3 Å². The van der Waals surface area contributed by atoms with Crippen LogP contribution in [-0.4, -0.2) is 44.6 Å². The van der Waals surface area contributed by atoms with E-state index in [4.69, 9.17) is 4.98 Å². The molecule has 0 spiro atoms. The summed E-state index contributed by atoms with van der Waals surface area (Å²) in [4.78, 5) is 5.12. The van der Waals surface area contributed by atoms with Crippen LogP contribution in [0, 0.1) is 12.8 Å². The van der Waals surface area contributed by atoms with Crippen LogP contribution in [-0.2, 0) is 16.6 Å². The predicted octanol–water partition coefficient (Wildman–Crippen LogP) is 4.22. The first kappa shape index (κ1) is 20.9. The molecule has 0 aliphatic carbocycles. The van der Waals surface area contributed by atoms with Crippen LogP contribution in [0.4, 0.5) is 0 Å². The second kappa shape index (κ2) is 7.56. The van der Waals surface area contributed by atoms with Crippen LogP contribution in [0.3, 0.4) is 0 Å². The van der Waals surface area contributed by atoms with Crippen LogP contribution in [0.1, 0.15) is 25.8 Å². The number of aromatic nitrogens is 4. The maximum Gasteiger partial charge on any atom is 0.243 e. The highest BCUT2D eigenvalue weighted by Gasteiger charge is 2.45. The molecule has 1 unspecified atom stereocenters. The fourth-order valence-electron chi connectivity index (χ4n) is 4.80. The van der Waals surface area contributed by atoms with Crippen LogP contribution in [0.5, 0.6) is 0 Å². The van der Waals surface area contributed by atoms with E-state index >= 15 is 0 Å². The Morgan fingerprint density at radius 2 is 1.91 bits per heavy atom. The van der Waals surface area contributed by atoms with Crippen molar-refractivity contribution in [2.24, 2.45) is 5.92 Å².